The van der Waals surface area contributed by atoms with E-state index in [0.717, 1.165) is 19.3 Å². The monoisotopic (exact) mass is 456 g/mol. The number of rotatable bonds is 8. The second-order valence-corrected chi connectivity index (χ2v) is 6.79. The molecule has 2 aromatic carbocycles. The summed E-state index contributed by atoms with van der Waals surface area (Å²) >= 11 is 0. The SMILES string of the molecule is CCCCCC(=O)Nc1ccc(Oc2ccccc2)cc1N=C(NC(=O)OC)NC(=O)OC. The Morgan fingerprint density at radius 1 is 0.879 bits per heavy atom. The van der Waals surface area contributed by atoms with Crippen LogP contribution in [0.1, 0.15) is 32.6 Å². The van der Waals surface area contributed by atoms with Crippen molar-refractivity contribution in [2.75, 3.05) is 19.5 Å². The number of nitrogens with zero attached hydrogens (tertiary/aromatic N) is 1. The molecule has 0 aliphatic rings. The number of guanidine groups is 1. The third kappa shape index (κ3) is 8.90. The van der Waals surface area contributed by atoms with Crippen LogP contribution in [0.25, 0.3) is 0 Å². The molecule has 0 saturated heterocycles. The Labute approximate surface area is 192 Å². The summed E-state index contributed by atoms with van der Waals surface area (Å²) in [6.45, 7) is 2.06. The van der Waals surface area contributed by atoms with E-state index in [4.69, 9.17) is 4.74 Å². The fraction of sp³-hybridized carbons (Fsp3) is 0.304. The fourth-order valence-corrected chi connectivity index (χ4v) is 2.65. The number of hydrogen-bond donors (Lipinski definition) is 3. The molecule has 3 N–H and O–H groups in total. The number of ether oxygens (including phenoxy) is 3. The minimum Gasteiger partial charge on any atom is -0.457 e. The molecule has 0 aliphatic carbocycles. The number of carbonyl (C=O) groups excluding carboxylic acids is 3. The Hall–Kier alpha value is -4.08. The molecule has 10 nitrogen and oxygen atoms in total. The van der Waals surface area contributed by atoms with Crippen molar-refractivity contribution in [2.24, 2.45) is 4.99 Å². The molecular weight excluding hydrogens is 428 g/mol. The van der Waals surface area contributed by atoms with Crippen molar-refractivity contribution >= 4 is 35.4 Å². The molecule has 0 fully saturated rings. The molecular formula is C23H28N4O6. The van der Waals surface area contributed by atoms with Crippen LogP contribution in [0.2, 0.25) is 0 Å². The number of anilines is 1. The zero-order valence-electron chi connectivity index (χ0n) is 18.8. The van der Waals surface area contributed by atoms with Gasteiger partial charge in [-0.25, -0.2) is 14.6 Å². The Balaban J connectivity index is 2.39. The molecule has 0 unspecified atom stereocenters. The van der Waals surface area contributed by atoms with Gasteiger partial charge < -0.3 is 19.5 Å². The maximum absolute atomic E-state index is 12.4. The standard InChI is InChI=1S/C23H28N4O6/c1-4-5-7-12-20(28)24-18-14-13-17(33-16-10-8-6-9-11-16)15-19(18)25-21(26-22(29)31-2)27-23(30)32-3/h6,8-11,13-15H,4-5,7,12H2,1-3H3,(H,24,28)(H2,25,26,27,29,30). The van der Waals surface area contributed by atoms with Gasteiger partial charge in [-0.3, -0.25) is 15.4 Å². The molecule has 2 aromatic rings. The Kier molecular flexibility index (Phi) is 10.2. The van der Waals surface area contributed by atoms with Crippen LogP contribution in [0.15, 0.2) is 53.5 Å². The molecule has 0 aromatic heterocycles. The van der Waals surface area contributed by atoms with Crippen LogP contribution in [-0.2, 0) is 14.3 Å². The number of aliphatic imine (C=N–C) groups is 1. The van der Waals surface area contributed by atoms with Crippen LogP contribution >= 0.6 is 0 Å². The molecule has 3 amide bonds. The first-order valence-electron chi connectivity index (χ1n) is 10.4. The van der Waals surface area contributed by atoms with Gasteiger partial charge in [0.1, 0.15) is 11.5 Å². The van der Waals surface area contributed by atoms with Crippen LogP contribution in [0.5, 0.6) is 11.5 Å². The number of nitrogens with one attached hydrogen (secondary N) is 3. The summed E-state index contributed by atoms with van der Waals surface area (Å²) in [5.74, 6) is 0.593. The van der Waals surface area contributed by atoms with Gasteiger partial charge in [-0.1, -0.05) is 38.0 Å². The van der Waals surface area contributed by atoms with Crippen molar-refractivity contribution in [2.45, 2.75) is 32.6 Å². The van der Waals surface area contributed by atoms with Crippen molar-refractivity contribution in [1.82, 2.24) is 10.6 Å². The summed E-state index contributed by atoms with van der Waals surface area (Å²) in [7, 11) is 2.34. The van der Waals surface area contributed by atoms with Gasteiger partial charge in [0.2, 0.25) is 11.9 Å². The van der Waals surface area contributed by atoms with Gasteiger partial charge in [0.25, 0.3) is 0 Å². The molecule has 0 atom stereocenters. The number of benzene rings is 2. The Morgan fingerprint density at radius 3 is 2.15 bits per heavy atom. The highest BCUT2D eigenvalue weighted by Gasteiger charge is 2.14. The fourth-order valence-electron chi connectivity index (χ4n) is 2.65. The van der Waals surface area contributed by atoms with E-state index in [-0.39, 0.29) is 17.6 Å². The maximum atomic E-state index is 12.4. The number of methoxy groups -OCH3 is 2. The van der Waals surface area contributed by atoms with E-state index < -0.39 is 12.2 Å². The first-order valence-corrected chi connectivity index (χ1v) is 10.4. The number of alkyl carbamates (subject to hydrolysis) is 2. The molecule has 33 heavy (non-hydrogen) atoms. The van der Waals surface area contributed by atoms with Crippen LogP contribution in [-0.4, -0.2) is 38.3 Å². The molecule has 0 saturated carbocycles. The number of carbonyl (C=O) groups is 3. The van der Waals surface area contributed by atoms with E-state index in [0.29, 0.717) is 23.6 Å². The van der Waals surface area contributed by atoms with Gasteiger partial charge >= 0.3 is 12.2 Å². The molecule has 176 valence electrons. The molecule has 0 aliphatic heterocycles. The van der Waals surface area contributed by atoms with Crippen LogP contribution in [0, 0.1) is 0 Å². The predicted molar refractivity (Wildman–Crippen MR) is 124 cm³/mol. The lowest BCUT2D eigenvalue weighted by molar-refractivity contribution is -0.116. The normalized spacial score (nSPS) is 9.91. The third-order valence-electron chi connectivity index (χ3n) is 4.27. The van der Waals surface area contributed by atoms with Gasteiger partial charge in [0, 0.05) is 12.5 Å². The second kappa shape index (κ2) is 13.4. The predicted octanol–water partition coefficient (Wildman–Crippen LogP) is 4.70. The summed E-state index contributed by atoms with van der Waals surface area (Å²) < 4.78 is 15.0. The molecule has 0 spiro atoms. The van der Waals surface area contributed by atoms with Gasteiger partial charge in [-0.15, -0.1) is 0 Å². The van der Waals surface area contributed by atoms with E-state index in [1.165, 1.54) is 14.2 Å². The Bertz CT molecular complexity index is 958. The highest BCUT2D eigenvalue weighted by Crippen LogP contribution is 2.32. The molecule has 2 rings (SSSR count). The van der Waals surface area contributed by atoms with Crippen LogP contribution in [0.4, 0.5) is 21.0 Å². The second-order valence-electron chi connectivity index (χ2n) is 6.79. The van der Waals surface area contributed by atoms with E-state index >= 15 is 0 Å². The molecule has 0 radical (unpaired) electrons. The van der Waals surface area contributed by atoms with E-state index in [1.807, 2.05) is 18.2 Å². The van der Waals surface area contributed by atoms with Crippen molar-refractivity contribution in [3.05, 3.63) is 48.5 Å². The van der Waals surface area contributed by atoms with Gasteiger partial charge in [-0.2, -0.15) is 0 Å². The average Bonchev–Trinajstić information content (AvgIpc) is 2.81. The summed E-state index contributed by atoms with van der Waals surface area (Å²) in [6, 6.07) is 14.0. The largest absolute Gasteiger partial charge is 0.457 e. The topological polar surface area (TPSA) is 127 Å². The van der Waals surface area contributed by atoms with Gasteiger partial charge in [0.05, 0.1) is 25.6 Å². The minimum absolute atomic E-state index is 0.181. The van der Waals surface area contributed by atoms with Crippen molar-refractivity contribution in [3.63, 3.8) is 0 Å². The summed E-state index contributed by atoms with van der Waals surface area (Å²) in [5.41, 5.74) is 0.600. The first-order chi connectivity index (χ1) is 15.9. The highest BCUT2D eigenvalue weighted by molar-refractivity contribution is 6.03. The number of unbranched alkanes of at least 4 members (excludes halogenated alkanes) is 2. The first kappa shape index (κ1) is 25.2. The van der Waals surface area contributed by atoms with Crippen molar-refractivity contribution in [3.8, 4) is 11.5 Å². The molecule has 0 bridgehead atoms. The number of para-hydroxylation sites is 1. The number of amides is 3. The average molecular weight is 456 g/mol. The van der Waals surface area contributed by atoms with Crippen molar-refractivity contribution in [1.29, 1.82) is 0 Å². The van der Waals surface area contributed by atoms with Crippen LogP contribution in [0.3, 0.4) is 0 Å². The molecule has 0 heterocycles. The lowest BCUT2D eigenvalue weighted by Crippen LogP contribution is -2.43. The minimum atomic E-state index is -0.855. The summed E-state index contributed by atoms with van der Waals surface area (Å²) in [4.78, 5) is 40.1. The van der Waals surface area contributed by atoms with Crippen molar-refractivity contribution < 1.29 is 28.6 Å². The third-order valence-corrected chi connectivity index (χ3v) is 4.27. The highest BCUT2D eigenvalue weighted by atomic mass is 16.5. The van der Waals surface area contributed by atoms with E-state index in [9.17, 15) is 14.4 Å². The van der Waals surface area contributed by atoms with Gasteiger partial charge in [0.15, 0.2) is 0 Å². The molecule has 10 heteroatoms. The smallest absolute Gasteiger partial charge is 0.413 e. The lowest BCUT2D eigenvalue weighted by atomic mass is 10.2. The lowest BCUT2D eigenvalue weighted by Gasteiger charge is -2.13. The maximum Gasteiger partial charge on any atom is 0.413 e. The summed E-state index contributed by atoms with van der Waals surface area (Å²) in [5, 5.41) is 7.40. The van der Waals surface area contributed by atoms with Gasteiger partial charge in [-0.05, 0) is 30.7 Å². The Morgan fingerprint density at radius 2 is 1.55 bits per heavy atom. The van der Waals surface area contributed by atoms with E-state index in [2.05, 4.69) is 37.3 Å². The zero-order chi connectivity index (χ0) is 24.1. The zero-order valence-corrected chi connectivity index (χ0v) is 18.8. The number of hydrogen-bond acceptors (Lipinski definition) is 7. The van der Waals surface area contributed by atoms with Crippen LogP contribution < -0.4 is 20.7 Å². The quantitative estimate of drug-likeness (QED) is 0.300. The summed E-state index contributed by atoms with van der Waals surface area (Å²) in [6.07, 6.45) is 1.34. The van der Waals surface area contributed by atoms with E-state index in [1.54, 1.807) is 30.3 Å².